The highest BCUT2D eigenvalue weighted by molar-refractivity contribution is 6.06. The first kappa shape index (κ1) is 28.2. The number of aromatic hydroxyl groups is 1. The number of nitrogens with zero attached hydrogens (tertiary/aromatic N) is 2. The lowest BCUT2D eigenvalue weighted by Gasteiger charge is -2.35. The molecule has 0 unspecified atom stereocenters. The monoisotopic (exact) mass is 548 g/mol. The van der Waals surface area contributed by atoms with E-state index < -0.39 is 35.4 Å². The quantitative estimate of drug-likeness (QED) is 0.321. The molecule has 1 aromatic carbocycles. The normalized spacial score (nSPS) is 24.9. The van der Waals surface area contributed by atoms with Gasteiger partial charge in [-0.05, 0) is 86.1 Å². The highest BCUT2D eigenvalue weighted by Crippen LogP contribution is 2.47. The van der Waals surface area contributed by atoms with E-state index in [1.807, 2.05) is 19.1 Å². The Labute approximate surface area is 234 Å². The van der Waals surface area contributed by atoms with Crippen LogP contribution in [0, 0.1) is 23.6 Å². The van der Waals surface area contributed by atoms with Gasteiger partial charge in [-0.3, -0.25) is 19.5 Å². The van der Waals surface area contributed by atoms with Gasteiger partial charge in [-0.1, -0.05) is 37.0 Å². The van der Waals surface area contributed by atoms with E-state index in [4.69, 9.17) is 0 Å². The van der Waals surface area contributed by atoms with Crippen molar-refractivity contribution in [2.75, 3.05) is 6.61 Å². The molecule has 0 bridgehead atoms. The number of benzene rings is 1. The number of phenols is 1. The van der Waals surface area contributed by atoms with E-state index in [1.165, 1.54) is 17.0 Å². The number of aliphatic hydroxyl groups is 2. The number of rotatable bonds is 8. The fraction of sp³-hybridized carbons (Fsp3) is 0.469. The Balaban J connectivity index is 1.38. The van der Waals surface area contributed by atoms with Gasteiger partial charge in [0.15, 0.2) is 11.6 Å². The third-order valence-corrected chi connectivity index (χ3v) is 8.85. The molecule has 1 saturated carbocycles. The zero-order valence-corrected chi connectivity index (χ0v) is 22.8. The van der Waals surface area contributed by atoms with Gasteiger partial charge in [0.25, 0.3) is 0 Å². The maximum atomic E-state index is 14.0. The van der Waals surface area contributed by atoms with E-state index in [0.29, 0.717) is 29.7 Å². The van der Waals surface area contributed by atoms with Crippen LogP contribution in [0.2, 0.25) is 0 Å². The molecule has 212 valence electrons. The molecule has 2 amide bonds. The summed E-state index contributed by atoms with van der Waals surface area (Å²) in [5, 5.41) is 31.5. The standard InChI is InChI=1S/C32H37FN2O5/c1-19-15-23-30(32(40)35(31(23)39)22-7-3-2-4-8-22)24(18-36)29(19)28(38)13-11-21(26-9-5-6-14-34-26)16-20-10-12-27(37)25(33)17-20/h5-6,9-10,12,14,16-17,22-24,28,30,36-38H,2-4,7-8,11,13,15,18H2,1H3/b21-16-/t23-,24+,28-,30-/m1/s1. The molecule has 3 aliphatic rings. The van der Waals surface area contributed by atoms with E-state index in [9.17, 15) is 29.3 Å². The first-order valence-electron chi connectivity index (χ1n) is 14.3. The minimum atomic E-state index is -0.937. The molecule has 2 aromatic rings. The third kappa shape index (κ3) is 5.47. The second-order valence-corrected chi connectivity index (χ2v) is 11.3. The molecule has 1 saturated heterocycles. The Morgan fingerprint density at radius 3 is 2.60 bits per heavy atom. The van der Waals surface area contributed by atoms with Crippen molar-refractivity contribution in [1.29, 1.82) is 0 Å². The number of aromatic nitrogens is 1. The number of pyridine rings is 1. The largest absolute Gasteiger partial charge is 0.505 e. The Kier molecular flexibility index (Phi) is 8.47. The van der Waals surface area contributed by atoms with Gasteiger partial charge in [-0.25, -0.2) is 4.39 Å². The molecule has 8 heteroatoms. The maximum Gasteiger partial charge on any atom is 0.234 e. The molecule has 0 spiro atoms. The number of amides is 2. The van der Waals surface area contributed by atoms with E-state index in [-0.39, 0.29) is 30.9 Å². The van der Waals surface area contributed by atoms with Crippen LogP contribution in [0.4, 0.5) is 4.39 Å². The summed E-state index contributed by atoms with van der Waals surface area (Å²) in [5.74, 6) is -3.25. The van der Waals surface area contributed by atoms with Crippen molar-refractivity contribution in [2.24, 2.45) is 17.8 Å². The van der Waals surface area contributed by atoms with Crippen LogP contribution in [0.15, 0.2) is 53.7 Å². The van der Waals surface area contributed by atoms with Crippen molar-refractivity contribution in [1.82, 2.24) is 9.88 Å². The van der Waals surface area contributed by atoms with Crippen LogP contribution in [0.25, 0.3) is 11.6 Å². The van der Waals surface area contributed by atoms with Crippen LogP contribution < -0.4 is 0 Å². The Morgan fingerprint density at radius 1 is 1.15 bits per heavy atom. The van der Waals surface area contributed by atoms with Crippen molar-refractivity contribution in [3.05, 3.63) is 70.8 Å². The minimum Gasteiger partial charge on any atom is -0.505 e. The summed E-state index contributed by atoms with van der Waals surface area (Å²) in [6, 6.07) is 9.55. The Morgan fingerprint density at radius 2 is 1.93 bits per heavy atom. The second kappa shape index (κ2) is 12.0. The van der Waals surface area contributed by atoms with Crippen LogP contribution in [0.1, 0.15) is 69.5 Å². The number of hydrogen-bond donors (Lipinski definition) is 3. The molecule has 1 aliphatic heterocycles. The van der Waals surface area contributed by atoms with Crippen molar-refractivity contribution < 1.29 is 29.3 Å². The van der Waals surface area contributed by atoms with Crippen LogP contribution in [0.3, 0.4) is 0 Å². The second-order valence-electron chi connectivity index (χ2n) is 11.3. The predicted molar refractivity (Wildman–Crippen MR) is 149 cm³/mol. The van der Waals surface area contributed by atoms with Gasteiger partial charge in [0, 0.05) is 18.2 Å². The number of aliphatic hydroxyl groups excluding tert-OH is 2. The molecule has 2 fully saturated rings. The number of fused-ring (bicyclic) bond motifs is 1. The average Bonchev–Trinajstić information content (AvgIpc) is 3.21. The van der Waals surface area contributed by atoms with Gasteiger partial charge in [-0.2, -0.15) is 0 Å². The van der Waals surface area contributed by atoms with Gasteiger partial charge in [0.1, 0.15) is 0 Å². The molecule has 4 atom stereocenters. The summed E-state index contributed by atoms with van der Waals surface area (Å²) in [5.41, 5.74) is 3.49. The van der Waals surface area contributed by atoms with Gasteiger partial charge in [0.05, 0.1) is 30.2 Å². The van der Waals surface area contributed by atoms with Crippen molar-refractivity contribution >= 4 is 23.5 Å². The zero-order chi connectivity index (χ0) is 28.4. The van der Waals surface area contributed by atoms with Gasteiger partial charge >= 0.3 is 0 Å². The van der Waals surface area contributed by atoms with Gasteiger partial charge < -0.3 is 15.3 Å². The van der Waals surface area contributed by atoms with Crippen LogP contribution in [0.5, 0.6) is 5.75 Å². The Hall–Kier alpha value is -3.36. The summed E-state index contributed by atoms with van der Waals surface area (Å²) in [6.45, 7) is 1.56. The molecule has 2 aliphatic carbocycles. The van der Waals surface area contributed by atoms with Crippen molar-refractivity contribution in [2.45, 2.75) is 70.4 Å². The molecule has 7 nitrogen and oxygen atoms in total. The number of allylic oxidation sites excluding steroid dienone is 2. The maximum absolute atomic E-state index is 14.0. The molecule has 40 heavy (non-hydrogen) atoms. The summed E-state index contributed by atoms with van der Waals surface area (Å²) >= 11 is 0. The van der Waals surface area contributed by atoms with E-state index in [1.54, 1.807) is 24.4 Å². The smallest absolute Gasteiger partial charge is 0.234 e. The summed E-state index contributed by atoms with van der Waals surface area (Å²) < 4.78 is 14.0. The Bertz CT molecular complexity index is 1320. The molecular formula is C32H37FN2O5. The molecular weight excluding hydrogens is 511 g/mol. The van der Waals surface area contributed by atoms with Crippen molar-refractivity contribution in [3.63, 3.8) is 0 Å². The molecule has 3 N–H and O–H groups in total. The van der Waals surface area contributed by atoms with E-state index in [0.717, 1.165) is 43.3 Å². The van der Waals surface area contributed by atoms with E-state index >= 15 is 0 Å². The number of hydrogen-bond acceptors (Lipinski definition) is 6. The average molecular weight is 549 g/mol. The lowest BCUT2D eigenvalue weighted by Crippen LogP contribution is -2.42. The van der Waals surface area contributed by atoms with Crippen molar-refractivity contribution in [3.8, 4) is 5.75 Å². The lowest BCUT2D eigenvalue weighted by atomic mass is 9.68. The molecule has 0 radical (unpaired) electrons. The highest BCUT2D eigenvalue weighted by atomic mass is 19.1. The summed E-state index contributed by atoms with van der Waals surface area (Å²) in [6.07, 6.45) is 8.37. The highest BCUT2D eigenvalue weighted by Gasteiger charge is 2.55. The summed E-state index contributed by atoms with van der Waals surface area (Å²) in [7, 11) is 0. The minimum absolute atomic E-state index is 0.0665. The molecule has 1 aromatic heterocycles. The number of carbonyl (C=O) groups is 2. The number of carbonyl (C=O) groups excluding carboxylic acids is 2. The SMILES string of the molecule is CC1=C([C@H](O)CC/C(=C/c2ccc(O)c(F)c2)c2ccccn2)[C@H](CO)[C@@H]2C(=O)N(C3CCCCC3)C(=O)[C@@H]2C1. The number of imide groups is 1. The zero-order valence-electron chi connectivity index (χ0n) is 22.8. The molecule has 5 rings (SSSR count). The number of likely N-dealkylation sites (tertiary alicyclic amines) is 1. The first-order valence-corrected chi connectivity index (χ1v) is 14.3. The fourth-order valence-corrected chi connectivity index (χ4v) is 6.93. The lowest BCUT2D eigenvalue weighted by molar-refractivity contribution is -0.143. The first-order chi connectivity index (χ1) is 19.3. The van der Waals surface area contributed by atoms with Crippen LogP contribution >= 0.6 is 0 Å². The molecule has 2 heterocycles. The fourth-order valence-electron chi connectivity index (χ4n) is 6.93. The third-order valence-electron chi connectivity index (χ3n) is 8.85. The summed E-state index contributed by atoms with van der Waals surface area (Å²) in [4.78, 5) is 32.9. The van der Waals surface area contributed by atoms with Gasteiger partial charge in [-0.15, -0.1) is 0 Å². The number of phenolic OH excluding ortho intramolecular Hbond substituents is 1. The van der Waals surface area contributed by atoms with Crippen LogP contribution in [-0.4, -0.2) is 55.8 Å². The van der Waals surface area contributed by atoms with Crippen LogP contribution in [-0.2, 0) is 9.59 Å². The predicted octanol–water partition coefficient (Wildman–Crippen LogP) is 4.87. The van der Waals surface area contributed by atoms with E-state index in [2.05, 4.69) is 4.98 Å². The van der Waals surface area contributed by atoms with Gasteiger partial charge in [0.2, 0.25) is 11.8 Å². The number of halogens is 1. The topological polar surface area (TPSA) is 111 Å².